The van der Waals surface area contributed by atoms with Crippen LogP contribution in [-0.4, -0.2) is 23.0 Å². The van der Waals surface area contributed by atoms with Crippen LogP contribution < -0.4 is 5.32 Å². The van der Waals surface area contributed by atoms with E-state index in [9.17, 15) is 14.0 Å². The van der Waals surface area contributed by atoms with Gasteiger partial charge in [-0.25, -0.2) is 9.18 Å². The minimum absolute atomic E-state index is 0.109. The first-order valence-corrected chi connectivity index (χ1v) is 6.28. The second kappa shape index (κ2) is 5.38. The molecule has 1 aromatic carbocycles. The molecular weight excluding hydrogens is 249 g/mol. The normalized spacial score (nSPS) is 15.9. The zero-order valence-electron chi connectivity index (χ0n) is 10.6. The van der Waals surface area contributed by atoms with Gasteiger partial charge < -0.3 is 10.4 Å². The molecule has 1 aliphatic carbocycles. The van der Waals surface area contributed by atoms with Gasteiger partial charge in [0.25, 0.3) is 5.91 Å². The summed E-state index contributed by atoms with van der Waals surface area (Å²) in [7, 11) is 0. The third kappa shape index (κ3) is 3.30. The Morgan fingerprint density at radius 1 is 1.47 bits per heavy atom. The quantitative estimate of drug-likeness (QED) is 0.857. The number of nitrogens with one attached hydrogen (secondary N) is 1. The summed E-state index contributed by atoms with van der Waals surface area (Å²) in [4.78, 5) is 23.0. The largest absolute Gasteiger partial charge is 0.480 e. The maximum Gasteiger partial charge on any atom is 0.326 e. The molecule has 19 heavy (non-hydrogen) atoms. The fourth-order valence-electron chi connectivity index (χ4n) is 1.97. The number of hydrogen-bond donors (Lipinski definition) is 2. The Morgan fingerprint density at radius 3 is 2.74 bits per heavy atom. The smallest absolute Gasteiger partial charge is 0.326 e. The van der Waals surface area contributed by atoms with Crippen LogP contribution in [0.3, 0.4) is 0 Å². The van der Waals surface area contributed by atoms with Crippen LogP contribution in [0.5, 0.6) is 0 Å². The van der Waals surface area contributed by atoms with Crippen molar-refractivity contribution < 1.29 is 19.1 Å². The number of carbonyl (C=O) groups is 2. The highest BCUT2D eigenvalue weighted by atomic mass is 19.1. The third-order valence-corrected chi connectivity index (χ3v) is 3.31. The lowest BCUT2D eigenvalue weighted by Crippen LogP contribution is -2.41. The van der Waals surface area contributed by atoms with Gasteiger partial charge in [-0.3, -0.25) is 4.79 Å². The Morgan fingerprint density at radius 2 is 2.16 bits per heavy atom. The van der Waals surface area contributed by atoms with Crippen LogP contribution in [0.1, 0.15) is 35.2 Å². The summed E-state index contributed by atoms with van der Waals surface area (Å²) in [6.07, 6.45) is 2.41. The lowest BCUT2D eigenvalue weighted by atomic mass is 10.1. The van der Waals surface area contributed by atoms with Crippen LogP contribution in [0.2, 0.25) is 0 Å². The number of carboxylic acids is 1. The van der Waals surface area contributed by atoms with Crippen molar-refractivity contribution in [2.75, 3.05) is 0 Å². The molecule has 1 saturated carbocycles. The molecule has 0 radical (unpaired) electrons. The van der Waals surface area contributed by atoms with E-state index in [0.29, 0.717) is 17.9 Å². The molecule has 1 aromatic rings. The molecule has 0 bridgehead atoms. The fraction of sp³-hybridized carbons (Fsp3) is 0.429. The molecule has 1 aliphatic rings. The summed E-state index contributed by atoms with van der Waals surface area (Å²) in [5.74, 6) is -1.98. The highest BCUT2D eigenvalue weighted by Crippen LogP contribution is 2.33. The van der Waals surface area contributed by atoms with E-state index in [-0.39, 0.29) is 5.56 Å². The molecule has 2 rings (SSSR count). The Bertz CT molecular complexity index is 511. The number of aryl methyl sites for hydroxylation is 1. The number of halogens is 1. The number of benzene rings is 1. The van der Waals surface area contributed by atoms with E-state index in [1.807, 2.05) is 0 Å². The maximum atomic E-state index is 13.8. The van der Waals surface area contributed by atoms with Crippen LogP contribution in [0, 0.1) is 18.7 Å². The lowest BCUT2D eigenvalue weighted by Gasteiger charge is -2.14. The van der Waals surface area contributed by atoms with Crippen molar-refractivity contribution in [2.45, 2.75) is 32.2 Å². The molecule has 0 aromatic heterocycles. The molecule has 5 heteroatoms. The van der Waals surface area contributed by atoms with Gasteiger partial charge in [0.05, 0.1) is 5.56 Å². The molecule has 2 N–H and O–H groups in total. The molecule has 0 unspecified atom stereocenters. The summed E-state index contributed by atoms with van der Waals surface area (Å²) in [5, 5.41) is 11.5. The van der Waals surface area contributed by atoms with Gasteiger partial charge in [-0.05, 0) is 30.9 Å². The van der Waals surface area contributed by atoms with Gasteiger partial charge in [-0.1, -0.05) is 25.0 Å². The summed E-state index contributed by atoms with van der Waals surface area (Å²) >= 11 is 0. The molecular formula is C14H16FNO3. The first-order chi connectivity index (χ1) is 8.99. The minimum Gasteiger partial charge on any atom is -0.480 e. The number of hydrogen-bond acceptors (Lipinski definition) is 2. The molecule has 0 aliphatic heterocycles. The monoisotopic (exact) mass is 265 g/mol. The first kappa shape index (κ1) is 13.5. The van der Waals surface area contributed by atoms with Gasteiger partial charge in [-0.15, -0.1) is 0 Å². The van der Waals surface area contributed by atoms with Crippen LogP contribution in [0.15, 0.2) is 18.2 Å². The van der Waals surface area contributed by atoms with Crippen LogP contribution >= 0.6 is 0 Å². The maximum absolute atomic E-state index is 13.8. The highest BCUT2D eigenvalue weighted by molar-refractivity contribution is 5.97. The van der Waals surface area contributed by atoms with Crippen LogP contribution in [0.4, 0.5) is 4.39 Å². The Hall–Kier alpha value is -1.91. The molecule has 0 saturated heterocycles. The summed E-state index contributed by atoms with van der Waals surface area (Å²) in [6.45, 7) is 1.56. The van der Waals surface area contributed by atoms with E-state index in [2.05, 4.69) is 5.32 Å². The van der Waals surface area contributed by atoms with Gasteiger partial charge in [0.1, 0.15) is 11.9 Å². The molecule has 102 valence electrons. The highest BCUT2D eigenvalue weighted by Gasteiger charge is 2.30. The van der Waals surface area contributed by atoms with Crippen molar-refractivity contribution in [2.24, 2.45) is 5.92 Å². The van der Waals surface area contributed by atoms with Gasteiger partial charge in [-0.2, -0.15) is 0 Å². The van der Waals surface area contributed by atoms with E-state index in [1.165, 1.54) is 6.07 Å². The Labute approximate surface area is 110 Å². The first-order valence-electron chi connectivity index (χ1n) is 6.28. The molecule has 4 nitrogen and oxygen atoms in total. The average molecular weight is 265 g/mol. The second-order valence-corrected chi connectivity index (χ2v) is 4.98. The molecule has 1 fully saturated rings. The predicted octanol–water partition coefficient (Wildman–Crippen LogP) is 2.12. The van der Waals surface area contributed by atoms with Crippen molar-refractivity contribution >= 4 is 11.9 Å². The van der Waals surface area contributed by atoms with Gasteiger partial charge >= 0.3 is 5.97 Å². The number of carboxylic acid groups (broad SMARTS) is 1. The van der Waals surface area contributed by atoms with Crippen molar-refractivity contribution in [1.82, 2.24) is 5.32 Å². The van der Waals surface area contributed by atoms with Crippen molar-refractivity contribution in [3.63, 3.8) is 0 Å². The number of carbonyl (C=O) groups excluding carboxylic acids is 1. The van der Waals surface area contributed by atoms with E-state index in [4.69, 9.17) is 5.11 Å². The molecule has 1 atom stereocenters. The van der Waals surface area contributed by atoms with Crippen molar-refractivity contribution in [3.8, 4) is 0 Å². The lowest BCUT2D eigenvalue weighted by molar-refractivity contribution is -0.139. The summed E-state index contributed by atoms with van der Waals surface area (Å²) in [6, 6.07) is 3.54. The van der Waals surface area contributed by atoms with Gasteiger partial charge in [0.2, 0.25) is 0 Å². The fourth-order valence-corrected chi connectivity index (χ4v) is 1.97. The number of rotatable bonds is 5. The minimum atomic E-state index is -1.08. The van der Waals surface area contributed by atoms with Crippen LogP contribution in [0.25, 0.3) is 0 Å². The van der Waals surface area contributed by atoms with Crippen molar-refractivity contribution in [1.29, 1.82) is 0 Å². The summed E-state index contributed by atoms with van der Waals surface area (Å²) < 4.78 is 13.8. The molecule has 0 heterocycles. The predicted molar refractivity (Wildman–Crippen MR) is 67.4 cm³/mol. The van der Waals surface area contributed by atoms with E-state index < -0.39 is 23.7 Å². The SMILES string of the molecule is Cc1cccc(C(=O)N[C@@H](CC2CC2)C(=O)O)c1F. The molecule has 1 amide bonds. The third-order valence-electron chi connectivity index (χ3n) is 3.31. The number of amides is 1. The topological polar surface area (TPSA) is 66.4 Å². The van der Waals surface area contributed by atoms with E-state index in [1.54, 1.807) is 19.1 Å². The van der Waals surface area contributed by atoms with Crippen LogP contribution in [-0.2, 0) is 4.79 Å². The zero-order chi connectivity index (χ0) is 14.0. The van der Waals surface area contributed by atoms with Crippen molar-refractivity contribution in [3.05, 3.63) is 35.1 Å². The molecule has 0 spiro atoms. The number of aliphatic carboxylic acids is 1. The van der Waals surface area contributed by atoms with Gasteiger partial charge in [0.15, 0.2) is 0 Å². The second-order valence-electron chi connectivity index (χ2n) is 4.98. The van der Waals surface area contributed by atoms with Gasteiger partial charge in [0, 0.05) is 0 Å². The summed E-state index contributed by atoms with van der Waals surface area (Å²) in [5.41, 5.74) is 0.253. The standard InChI is InChI=1S/C14H16FNO3/c1-8-3-2-4-10(12(8)15)13(17)16-11(14(18)19)7-9-5-6-9/h2-4,9,11H,5-7H2,1H3,(H,16,17)(H,18,19)/t11-/m0/s1. The Balaban J connectivity index is 2.09. The average Bonchev–Trinajstić information content (AvgIpc) is 3.15. The van der Waals surface area contributed by atoms with E-state index >= 15 is 0 Å². The van der Waals surface area contributed by atoms with E-state index in [0.717, 1.165) is 12.8 Å². The Kier molecular flexibility index (Phi) is 3.83. The zero-order valence-corrected chi connectivity index (χ0v) is 10.6.